The molecule has 1 aliphatic heterocycles. The Bertz CT molecular complexity index is 727. The number of ether oxygens (including phenoxy) is 1. The number of aryl methyl sites for hydroxylation is 1. The highest BCUT2D eigenvalue weighted by atomic mass is 16.5. The summed E-state index contributed by atoms with van der Waals surface area (Å²) in [5.74, 6) is 0.796. The van der Waals surface area contributed by atoms with Crippen LogP contribution in [0.4, 0.5) is 11.4 Å². The van der Waals surface area contributed by atoms with Crippen LogP contribution in [-0.2, 0) is 11.2 Å². The standard InChI is InChI=1S/C20H22N2O2/c1-2-14-24-19-12-6-4-10-17(19)21-15-20(23)22-13-7-9-16-8-3-5-11-18(16)22/h2-6,8,10-12,21H,1,7,9,13-15H2. The Morgan fingerprint density at radius 1 is 1.21 bits per heavy atom. The topological polar surface area (TPSA) is 41.6 Å². The number of carbonyl (C=O) groups excluding carboxylic acids is 1. The van der Waals surface area contributed by atoms with Crippen LogP contribution < -0.4 is 15.0 Å². The molecule has 24 heavy (non-hydrogen) atoms. The van der Waals surface area contributed by atoms with E-state index >= 15 is 0 Å². The van der Waals surface area contributed by atoms with Crippen molar-refractivity contribution in [2.24, 2.45) is 0 Å². The molecule has 3 rings (SSSR count). The van der Waals surface area contributed by atoms with E-state index in [1.54, 1.807) is 6.08 Å². The van der Waals surface area contributed by atoms with Crippen molar-refractivity contribution in [2.45, 2.75) is 12.8 Å². The van der Waals surface area contributed by atoms with Gasteiger partial charge in [-0.1, -0.05) is 43.0 Å². The Balaban J connectivity index is 1.68. The molecule has 0 bridgehead atoms. The molecule has 1 aliphatic rings. The summed E-state index contributed by atoms with van der Waals surface area (Å²) < 4.78 is 5.61. The van der Waals surface area contributed by atoms with E-state index in [4.69, 9.17) is 4.74 Å². The number of nitrogens with one attached hydrogen (secondary N) is 1. The Hall–Kier alpha value is -2.75. The second kappa shape index (κ2) is 7.68. The van der Waals surface area contributed by atoms with E-state index in [0.29, 0.717) is 6.61 Å². The molecule has 0 saturated carbocycles. The van der Waals surface area contributed by atoms with Crippen LogP contribution in [0.25, 0.3) is 0 Å². The summed E-state index contributed by atoms with van der Waals surface area (Å²) in [4.78, 5) is 14.5. The molecule has 1 N–H and O–H groups in total. The van der Waals surface area contributed by atoms with Gasteiger partial charge in [-0.25, -0.2) is 0 Å². The number of fused-ring (bicyclic) bond motifs is 1. The zero-order valence-electron chi connectivity index (χ0n) is 13.7. The predicted molar refractivity (Wildman–Crippen MR) is 97.7 cm³/mol. The van der Waals surface area contributed by atoms with E-state index < -0.39 is 0 Å². The maximum absolute atomic E-state index is 12.7. The van der Waals surface area contributed by atoms with Crippen molar-refractivity contribution in [2.75, 3.05) is 29.9 Å². The Kier molecular flexibility index (Phi) is 5.16. The molecule has 1 heterocycles. The van der Waals surface area contributed by atoms with E-state index in [-0.39, 0.29) is 12.5 Å². The van der Waals surface area contributed by atoms with Crippen LogP contribution >= 0.6 is 0 Å². The van der Waals surface area contributed by atoms with E-state index in [9.17, 15) is 4.79 Å². The van der Waals surface area contributed by atoms with Crippen LogP contribution in [0.15, 0.2) is 61.2 Å². The highest BCUT2D eigenvalue weighted by Gasteiger charge is 2.21. The molecule has 0 spiro atoms. The third-order valence-electron chi connectivity index (χ3n) is 4.09. The largest absolute Gasteiger partial charge is 0.487 e. The minimum Gasteiger partial charge on any atom is -0.487 e. The SMILES string of the molecule is C=CCOc1ccccc1NCC(=O)N1CCCc2ccccc21. The summed E-state index contributed by atoms with van der Waals surface area (Å²) in [6.45, 7) is 5.10. The summed E-state index contributed by atoms with van der Waals surface area (Å²) in [6.07, 6.45) is 3.74. The Labute approximate surface area is 142 Å². The summed E-state index contributed by atoms with van der Waals surface area (Å²) in [5, 5.41) is 3.20. The fraction of sp³-hybridized carbons (Fsp3) is 0.250. The smallest absolute Gasteiger partial charge is 0.246 e. The maximum atomic E-state index is 12.7. The molecule has 0 unspecified atom stereocenters. The average Bonchev–Trinajstić information content (AvgIpc) is 2.64. The highest BCUT2D eigenvalue weighted by Crippen LogP contribution is 2.27. The molecule has 1 amide bonds. The lowest BCUT2D eigenvalue weighted by atomic mass is 10.0. The molecule has 0 fully saturated rings. The van der Waals surface area contributed by atoms with Gasteiger partial charge in [-0.3, -0.25) is 4.79 Å². The number of amides is 1. The average molecular weight is 322 g/mol. The van der Waals surface area contributed by atoms with E-state index in [2.05, 4.69) is 18.0 Å². The number of rotatable bonds is 6. The highest BCUT2D eigenvalue weighted by molar-refractivity contribution is 5.97. The molecule has 4 nitrogen and oxygen atoms in total. The molecule has 124 valence electrons. The van der Waals surface area contributed by atoms with E-state index in [1.807, 2.05) is 47.4 Å². The number of hydrogen-bond donors (Lipinski definition) is 1. The van der Waals surface area contributed by atoms with Crippen LogP contribution in [0.3, 0.4) is 0 Å². The third kappa shape index (κ3) is 3.59. The molecule has 0 saturated heterocycles. The lowest BCUT2D eigenvalue weighted by Crippen LogP contribution is -2.39. The summed E-state index contributed by atoms with van der Waals surface area (Å²) in [6, 6.07) is 15.8. The molecular weight excluding hydrogens is 300 g/mol. The number of para-hydroxylation sites is 3. The van der Waals surface area contributed by atoms with Gasteiger partial charge in [-0.15, -0.1) is 0 Å². The molecule has 2 aromatic carbocycles. The van der Waals surface area contributed by atoms with Crippen LogP contribution in [-0.4, -0.2) is 25.6 Å². The van der Waals surface area contributed by atoms with Gasteiger partial charge < -0.3 is 15.0 Å². The first-order valence-electron chi connectivity index (χ1n) is 8.24. The normalized spacial score (nSPS) is 13.1. The van der Waals surface area contributed by atoms with Crippen molar-refractivity contribution >= 4 is 17.3 Å². The fourth-order valence-electron chi connectivity index (χ4n) is 2.95. The zero-order chi connectivity index (χ0) is 16.8. The molecule has 4 heteroatoms. The molecule has 0 radical (unpaired) electrons. The van der Waals surface area contributed by atoms with Crippen molar-refractivity contribution < 1.29 is 9.53 Å². The monoisotopic (exact) mass is 322 g/mol. The third-order valence-corrected chi connectivity index (χ3v) is 4.09. The number of anilines is 2. The van der Waals surface area contributed by atoms with Gasteiger partial charge in [-0.05, 0) is 36.6 Å². The fourth-order valence-corrected chi connectivity index (χ4v) is 2.95. The number of hydrogen-bond acceptors (Lipinski definition) is 3. The van der Waals surface area contributed by atoms with Gasteiger partial charge in [0.1, 0.15) is 12.4 Å². The Morgan fingerprint density at radius 3 is 2.88 bits per heavy atom. The number of carbonyl (C=O) groups is 1. The Morgan fingerprint density at radius 2 is 2.00 bits per heavy atom. The lowest BCUT2D eigenvalue weighted by molar-refractivity contribution is -0.117. The quantitative estimate of drug-likeness (QED) is 0.826. The van der Waals surface area contributed by atoms with Crippen LogP contribution in [0.2, 0.25) is 0 Å². The molecule has 0 atom stereocenters. The second-order valence-electron chi connectivity index (χ2n) is 5.73. The minimum atomic E-state index is 0.0701. The van der Waals surface area contributed by atoms with Crippen molar-refractivity contribution in [1.82, 2.24) is 0 Å². The van der Waals surface area contributed by atoms with Crippen LogP contribution in [0.1, 0.15) is 12.0 Å². The van der Waals surface area contributed by atoms with Gasteiger partial charge in [-0.2, -0.15) is 0 Å². The van der Waals surface area contributed by atoms with Crippen molar-refractivity contribution in [3.63, 3.8) is 0 Å². The van der Waals surface area contributed by atoms with Gasteiger partial charge in [0.05, 0.1) is 12.2 Å². The number of nitrogens with zero attached hydrogens (tertiary/aromatic N) is 1. The first-order chi connectivity index (χ1) is 11.8. The summed E-state index contributed by atoms with van der Waals surface area (Å²) in [7, 11) is 0. The molecular formula is C20H22N2O2. The van der Waals surface area contributed by atoms with Gasteiger partial charge >= 0.3 is 0 Å². The first-order valence-corrected chi connectivity index (χ1v) is 8.24. The predicted octanol–water partition coefficient (Wildman–Crippen LogP) is 3.64. The second-order valence-corrected chi connectivity index (χ2v) is 5.73. The first kappa shape index (κ1) is 16.1. The van der Waals surface area contributed by atoms with Gasteiger partial charge in [0.2, 0.25) is 5.91 Å². The molecule has 0 aromatic heterocycles. The van der Waals surface area contributed by atoms with E-state index in [1.165, 1.54) is 5.56 Å². The van der Waals surface area contributed by atoms with Crippen molar-refractivity contribution in [3.8, 4) is 5.75 Å². The van der Waals surface area contributed by atoms with E-state index in [0.717, 1.165) is 36.5 Å². The lowest BCUT2D eigenvalue weighted by Gasteiger charge is -2.29. The minimum absolute atomic E-state index is 0.0701. The van der Waals surface area contributed by atoms with Crippen LogP contribution in [0, 0.1) is 0 Å². The van der Waals surface area contributed by atoms with Crippen molar-refractivity contribution in [1.29, 1.82) is 0 Å². The van der Waals surface area contributed by atoms with Gasteiger partial charge in [0.15, 0.2) is 0 Å². The summed E-state index contributed by atoms with van der Waals surface area (Å²) in [5.41, 5.74) is 3.09. The maximum Gasteiger partial charge on any atom is 0.246 e. The molecule has 0 aliphatic carbocycles. The molecule has 2 aromatic rings. The zero-order valence-corrected chi connectivity index (χ0v) is 13.7. The van der Waals surface area contributed by atoms with Crippen LogP contribution in [0.5, 0.6) is 5.75 Å². The van der Waals surface area contributed by atoms with Gasteiger partial charge in [0.25, 0.3) is 0 Å². The number of benzene rings is 2. The van der Waals surface area contributed by atoms with Crippen molar-refractivity contribution in [3.05, 3.63) is 66.7 Å². The van der Waals surface area contributed by atoms with Gasteiger partial charge in [0, 0.05) is 12.2 Å². The summed E-state index contributed by atoms with van der Waals surface area (Å²) >= 11 is 0.